The standard InChI is InChI=1S/C15H23NO/c1-12(2)13-5-3-6-15(11-13)17-10-4-9-16-14-7-8-14/h3,5-6,11-12,14,16H,4,7-10H2,1-2H3. The van der Waals surface area contributed by atoms with Crippen LogP contribution in [0.3, 0.4) is 0 Å². The van der Waals surface area contributed by atoms with Gasteiger partial charge in [-0.15, -0.1) is 0 Å². The zero-order valence-corrected chi connectivity index (χ0v) is 10.9. The van der Waals surface area contributed by atoms with Crippen LogP contribution in [0.1, 0.15) is 44.6 Å². The topological polar surface area (TPSA) is 21.3 Å². The van der Waals surface area contributed by atoms with Gasteiger partial charge in [0.2, 0.25) is 0 Å². The molecule has 0 saturated heterocycles. The number of ether oxygens (including phenoxy) is 1. The molecule has 1 N–H and O–H groups in total. The van der Waals surface area contributed by atoms with Crippen molar-refractivity contribution in [2.45, 2.75) is 45.1 Å². The van der Waals surface area contributed by atoms with Crippen LogP contribution in [0.2, 0.25) is 0 Å². The van der Waals surface area contributed by atoms with Crippen molar-refractivity contribution in [1.82, 2.24) is 5.32 Å². The van der Waals surface area contributed by atoms with E-state index in [1.54, 1.807) is 0 Å². The zero-order chi connectivity index (χ0) is 12.1. The van der Waals surface area contributed by atoms with Gasteiger partial charge in [-0.2, -0.15) is 0 Å². The maximum Gasteiger partial charge on any atom is 0.119 e. The van der Waals surface area contributed by atoms with Crippen LogP contribution in [0.4, 0.5) is 0 Å². The Labute approximate surface area is 104 Å². The van der Waals surface area contributed by atoms with Crippen LogP contribution >= 0.6 is 0 Å². The largest absolute Gasteiger partial charge is 0.494 e. The molecule has 17 heavy (non-hydrogen) atoms. The Morgan fingerprint density at radius 2 is 2.18 bits per heavy atom. The lowest BCUT2D eigenvalue weighted by molar-refractivity contribution is 0.307. The Kier molecular flexibility index (Phi) is 4.43. The molecule has 1 saturated carbocycles. The molecule has 0 heterocycles. The fraction of sp³-hybridized carbons (Fsp3) is 0.600. The Hall–Kier alpha value is -1.02. The van der Waals surface area contributed by atoms with Gasteiger partial charge in [-0.25, -0.2) is 0 Å². The van der Waals surface area contributed by atoms with Crippen molar-refractivity contribution in [1.29, 1.82) is 0 Å². The van der Waals surface area contributed by atoms with E-state index in [1.807, 2.05) is 6.07 Å². The predicted octanol–water partition coefficient (Wildman–Crippen LogP) is 3.33. The van der Waals surface area contributed by atoms with Crippen molar-refractivity contribution in [3.63, 3.8) is 0 Å². The highest BCUT2D eigenvalue weighted by Crippen LogP contribution is 2.20. The quantitative estimate of drug-likeness (QED) is 0.729. The molecule has 0 unspecified atom stereocenters. The molecule has 0 bridgehead atoms. The Morgan fingerprint density at radius 1 is 1.35 bits per heavy atom. The first-order valence-electron chi connectivity index (χ1n) is 6.72. The van der Waals surface area contributed by atoms with Crippen LogP contribution in [0.15, 0.2) is 24.3 Å². The molecular formula is C15H23NO. The minimum absolute atomic E-state index is 0.565. The highest BCUT2D eigenvalue weighted by atomic mass is 16.5. The van der Waals surface area contributed by atoms with E-state index in [4.69, 9.17) is 4.74 Å². The lowest BCUT2D eigenvalue weighted by atomic mass is 10.0. The van der Waals surface area contributed by atoms with E-state index in [0.717, 1.165) is 31.4 Å². The van der Waals surface area contributed by atoms with Crippen molar-refractivity contribution in [2.24, 2.45) is 0 Å². The van der Waals surface area contributed by atoms with E-state index < -0.39 is 0 Å². The van der Waals surface area contributed by atoms with Gasteiger partial charge < -0.3 is 10.1 Å². The van der Waals surface area contributed by atoms with Gasteiger partial charge in [-0.05, 0) is 49.4 Å². The maximum atomic E-state index is 5.76. The lowest BCUT2D eigenvalue weighted by Gasteiger charge is -2.10. The molecule has 1 aromatic rings. The van der Waals surface area contributed by atoms with E-state index in [-0.39, 0.29) is 0 Å². The first kappa shape index (κ1) is 12.4. The number of hydrogen-bond acceptors (Lipinski definition) is 2. The summed E-state index contributed by atoms with van der Waals surface area (Å²) < 4.78 is 5.76. The van der Waals surface area contributed by atoms with E-state index >= 15 is 0 Å². The van der Waals surface area contributed by atoms with Gasteiger partial charge in [-0.1, -0.05) is 26.0 Å². The first-order chi connectivity index (χ1) is 8.25. The summed E-state index contributed by atoms with van der Waals surface area (Å²) in [6.07, 6.45) is 3.80. The van der Waals surface area contributed by atoms with Crippen molar-refractivity contribution < 1.29 is 4.74 Å². The number of hydrogen-bond donors (Lipinski definition) is 1. The number of rotatable bonds is 7. The molecular weight excluding hydrogens is 210 g/mol. The van der Waals surface area contributed by atoms with Crippen LogP contribution in [-0.4, -0.2) is 19.2 Å². The normalized spacial score (nSPS) is 15.2. The van der Waals surface area contributed by atoms with Crippen molar-refractivity contribution in [3.05, 3.63) is 29.8 Å². The Balaban J connectivity index is 1.68. The molecule has 0 amide bonds. The van der Waals surface area contributed by atoms with Crippen molar-refractivity contribution in [3.8, 4) is 5.75 Å². The molecule has 0 aromatic heterocycles. The van der Waals surface area contributed by atoms with Crippen molar-refractivity contribution >= 4 is 0 Å². The Morgan fingerprint density at radius 3 is 2.88 bits per heavy atom. The number of benzene rings is 1. The fourth-order valence-electron chi connectivity index (χ4n) is 1.82. The summed E-state index contributed by atoms with van der Waals surface area (Å²) in [4.78, 5) is 0. The molecule has 1 aliphatic rings. The number of nitrogens with one attached hydrogen (secondary N) is 1. The third-order valence-electron chi connectivity index (χ3n) is 3.12. The van der Waals surface area contributed by atoms with Crippen LogP contribution in [-0.2, 0) is 0 Å². The Bertz CT molecular complexity index is 345. The molecule has 2 heteroatoms. The summed E-state index contributed by atoms with van der Waals surface area (Å²) in [6, 6.07) is 9.23. The van der Waals surface area contributed by atoms with Crippen LogP contribution < -0.4 is 10.1 Å². The average Bonchev–Trinajstić information content (AvgIpc) is 3.13. The van der Waals surface area contributed by atoms with E-state index in [0.29, 0.717) is 5.92 Å². The molecule has 2 rings (SSSR count). The van der Waals surface area contributed by atoms with Gasteiger partial charge in [0.25, 0.3) is 0 Å². The molecule has 0 spiro atoms. The summed E-state index contributed by atoms with van der Waals surface area (Å²) >= 11 is 0. The summed E-state index contributed by atoms with van der Waals surface area (Å²) in [5.74, 6) is 1.57. The fourth-order valence-corrected chi connectivity index (χ4v) is 1.82. The highest BCUT2D eigenvalue weighted by molar-refractivity contribution is 5.30. The molecule has 2 nitrogen and oxygen atoms in total. The van der Waals surface area contributed by atoms with Crippen molar-refractivity contribution in [2.75, 3.05) is 13.2 Å². The molecule has 94 valence electrons. The molecule has 0 radical (unpaired) electrons. The van der Waals surface area contributed by atoms with E-state index in [1.165, 1.54) is 18.4 Å². The first-order valence-corrected chi connectivity index (χ1v) is 6.72. The third-order valence-corrected chi connectivity index (χ3v) is 3.12. The molecule has 1 aromatic carbocycles. The van der Waals surface area contributed by atoms with Gasteiger partial charge in [0.1, 0.15) is 5.75 Å². The van der Waals surface area contributed by atoms with Gasteiger partial charge in [0, 0.05) is 6.04 Å². The van der Waals surface area contributed by atoms with Crippen LogP contribution in [0.25, 0.3) is 0 Å². The molecule has 1 aliphatic carbocycles. The molecule has 0 aliphatic heterocycles. The van der Waals surface area contributed by atoms with Crippen LogP contribution in [0.5, 0.6) is 5.75 Å². The van der Waals surface area contributed by atoms with E-state index in [2.05, 4.69) is 37.4 Å². The summed E-state index contributed by atoms with van der Waals surface area (Å²) in [7, 11) is 0. The molecule has 1 fully saturated rings. The van der Waals surface area contributed by atoms with E-state index in [9.17, 15) is 0 Å². The monoisotopic (exact) mass is 233 g/mol. The second-order valence-corrected chi connectivity index (χ2v) is 5.16. The predicted molar refractivity (Wildman–Crippen MR) is 71.7 cm³/mol. The van der Waals surface area contributed by atoms with Gasteiger partial charge in [0.15, 0.2) is 0 Å². The lowest BCUT2D eigenvalue weighted by Crippen LogP contribution is -2.19. The maximum absolute atomic E-state index is 5.76. The second-order valence-electron chi connectivity index (χ2n) is 5.16. The average molecular weight is 233 g/mol. The smallest absolute Gasteiger partial charge is 0.119 e. The van der Waals surface area contributed by atoms with Gasteiger partial charge in [-0.3, -0.25) is 0 Å². The molecule has 0 atom stereocenters. The summed E-state index contributed by atoms with van der Waals surface area (Å²) in [5.41, 5.74) is 1.35. The minimum atomic E-state index is 0.565. The minimum Gasteiger partial charge on any atom is -0.494 e. The van der Waals surface area contributed by atoms with Gasteiger partial charge in [0.05, 0.1) is 6.61 Å². The highest BCUT2D eigenvalue weighted by Gasteiger charge is 2.19. The summed E-state index contributed by atoms with van der Waals surface area (Å²) in [5, 5.41) is 3.49. The SMILES string of the molecule is CC(C)c1cccc(OCCCNC2CC2)c1. The zero-order valence-electron chi connectivity index (χ0n) is 10.9. The second kappa shape index (κ2) is 6.06. The van der Waals surface area contributed by atoms with Crippen LogP contribution in [0, 0.1) is 0 Å². The van der Waals surface area contributed by atoms with Gasteiger partial charge >= 0.3 is 0 Å². The third kappa shape index (κ3) is 4.39. The summed E-state index contributed by atoms with van der Waals surface area (Å²) in [6.45, 7) is 6.30.